The molecule has 0 aliphatic carbocycles. The Bertz CT molecular complexity index is 660. The molecule has 0 spiro atoms. The van der Waals surface area contributed by atoms with E-state index in [4.69, 9.17) is 11.6 Å². The van der Waals surface area contributed by atoms with Crippen LogP contribution in [-0.2, 0) is 6.42 Å². The lowest BCUT2D eigenvalue weighted by Crippen LogP contribution is -2.15. The van der Waals surface area contributed by atoms with Crippen molar-refractivity contribution < 1.29 is 9.18 Å². The second kappa shape index (κ2) is 6.37. The Hall–Kier alpha value is -1.39. The van der Waals surface area contributed by atoms with E-state index in [0.29, 0.717) is 5.69 Å². The number of carbonyl (C=O) groups excluding carboxylic acids is 1. The molecular weight excluding hydrogens is 345 g/mol. The molecule has 0 fully saturated rings. The van der Waals surface area contributed by atoms with Gasteiger partial charge in [0.2, 0.25) is 0 Å². The number of aryl methyl sites for hydroxylation is 1. The van der Waals surface area contributed by atoms with Crippen LogP contribution in [0, 0.1) is 5.82 Å². The number of benzene rings is 2. The molecule has 0 atom stereocenters. The van der Waals surface area contributed by atoms with Crippen LogP contribution in [0.4, 0.5) is 10.1 Å². The lowest BCUT2D eigenvalue weighted by atomic mass is 10.1. The number of hydrogen-bond acceptors (Lipinski definition) is 1. The number of carbonyl (C=O) groups is 1. The summed E-state index contributed by atoms with van der Waals surface area (Å²) < 4.78 is 14.7. The van der Waals surface area contributed by atoms with Crippen molar-refractivity contribution in [3.63, 3.8) is 0 Å². The van der Waals surface area contributed by atoms with Crippen molar-refractivity contribution in [3.8, 4) is 0 Å². The van der Waals surface area contributed by atoms with Gasteiger partial charge in [-0.15, -0.1) is 0 Å². The van der Waals surface area contributed by atoms with Gasteiger partial charge in [0.15, 0.2) is 5.82 Å². The molecule has 2 aromatic rings. The summed E-state index contributed by atoms with van der Waals surface area (Å²) in [5.41, 5.74) is 1.57. The predicted octanol–water partition coefficient (Wildman–Crippen LogP) is 5.06. The fourth-order valence-corrected chi connectivity index (χ4v) is 2.43. The number of hydrogen-bond donors (Lipinski definition) is 1. The molecule has 0 bridgehead atoms. The molecule has 0 unspecified atom stereocenters. The van der Waals surface area contributed by atoms with Crippen LogP contribution in [0.15, 0.2) is 40.9 Å². The first-order valence-electron chi connectivity index (χ1n) is 6.06. The van der Waals surface area contributed by atoms with Crippen LogP contribution in [0.25, 0.3) is 0 Å². The van der Waals surface area contributed by atoms with Crippen molar-refractivity contribution in [1.82, 2.24) is 0 Å². The summed E-state index contributed by atoms with van der Waals surface area (Å²) >= 11 is 9.06. The molecule has 0 aliphatic heterocycles. The summed E-state index contributed by atoms with van der Waals surface area (Å²) in [5.74, 6) is -1.22. The Balaban J connectivity index is 2.30. The highest BCUT2D eigenvalue weighted by Gasteiger charge is 2.15. The highest BCUT2D eigenvalue weighted by Crippen LogP contribution is 2.23. The molecule has 5 heteroatoms. The van der Waals surface area contributed by atoms with Gasteiger partial charge in [-0.3, -0.25) is 4.79 Å². The first-order chi connectivity index (χ1) is 9.52. The number of halogens is 3. The average molecular weight is 357 g/mol. The third-order valence-electron chi connectivity index (χ3n) is 2.89. The van der Waals surface area contributed by atoms with Gasteiger partial charge in [0.1, 0.15) is 0 Å². The van der Waals surface area contributed by atoms with E-state index in [1.165, 1.54) is 12.1 Å². The van der Waals surface area contributed by atoms with Crippen LogP contribution in [0.3, 0.4) is 0 Å². The van der Waals surface area contributed by atoms with Crippen molar-refractivity contribution in [1.29, 1.82) is 0 Å². The van der Waals surface area contributed by atoms with Gasteiger partial charge in [0.25, 0.3) is 5.91 Å². The summed E-state index contributed by atoms with van der Waals surface area (Å²) in [5, 5.41) is 2.65. The molecule has 0 heterocycles. The fraction of sp³-hybridized carbons (Fsp3) is 0.133. The molecule has 2 aromatic carbocycles. The van der Waals surface area contributed by atoms with E-state index in [0.717, 1.165) is 16.5 Å². The highest BCUT2D eigenvalue weighted by molar-refractivity contribution is 9.10. The van der Waals surface area contributed by atoms with E-state index in [9.17, 15) is 9.18 Å². The third kappa shape index (κ3) is 3.19. The maximum atomic E-state index is 13.8. The molecule has 0 aromatic heterocycles. The lowest BCUT2D eigenvalue weighted by Gasteiger charge is -2.11. The minimum absolute atomic E-state index is 0.0656. The first-order valence-corrected chi connectivity index (χ1v) is 7.23. The van der Waals surface area contributed by atoms with E-state index < -0.39 is 11.7 Å². The normalized spacial score (nSPS) is 10.4. The van der Waals surface area contributed by atoms with E-state index in [1.54, 1.807) is 12.1 Å². The minimum atomic E-state index is -0.707. The smallest absolute Gasteiger partial charge is 0.258 e. The maximum absolute atomic E-state index is 13.8. The summed E-state index contributed by atoms with van der Waals surface area (Å²) in [7, 11) is 0. The standard InChI is InChI=1S/C15H12BrClFNO/c1-2-9-8-10(16)6-7-13(9)19-15(20)11-4-3-5-12(17)14(11)18/h3-8H,2H2,1H3,(H,19,20). The molecular formula is C15H12BrClFNO. The molecule has 0 aliphatic rings. The first kappa shape index (κ1) is 15.0. The van der Waals surface area contributed by atoms with E-state index in [-0.39, 0.29) is 10.6 Å². The maximum Gasteiger partial charge on any atom is 0.258 e. The Morgan fingerprint density at radius 3 is 2.80 bits per heavy atom. The van der Waals surface area contributed by atoms with Crippen molar-refractivity contribution in [2.75, 3.05) is 5.32 Å². The topological polar surface area (TPSA) is 29.1 Å². The SMILES string of the molecule is CCc1cc(Br)ccc1NC(=O)c1cccc(Cl)c1F. The summed E-state index contributed by atoms with van der Waals surface area (Å²) in [6.45, 7) is 1.98. The Kier molecular flexibility index (Phi) is 4.78. The third-order valence-corrected chi connectivity index (χ3v) is 3.68. The Labute approximate surface area is 130 Å². The quantitative estimate of drug-likeness (QED) is 0.818. The van der Waals surface area contributed by atoms with Gasteiger partial charge in [-0.1, -0.05) is 40.5 Å². The molecule has 20 heavy (non-hydrogen) atoms. The van der Waals surface area contributed by atoms with Gasteiger partial charge < -0.3 is 5.32 Å². The molecule has 1 N–H and O–H groups in total. The van der Waals surface area contributed by atoms with Gasteiger partial charge in [0.05, 0.1) is 10.6 Å². The molecule has 2 nitrogen and oxygen atoms in total. The van der Waals surface area contributed by atoms with Crippen LogP contribution in [0.1, 0.15) is 22.8 Å². The van der Waals surface area contributed by atoms with Crippen LogP contribution in [-0.4, -0.2) is 5.91 Å². The van der Waals surface area contributed by atoms with Crippen LogP contribution in [0.5, 0.6) is 0 Å². The minimum Gasteiger partial charge on any atom is -0.322 e. The Morgan fingerprint density at radius 2 is 2.10 bits per heavy atom. The predicted molar refractivity (Wildman–Crippen MR) is 82.9 cm³/mol. The second-order valence-electron chi connectivity index (χ2n) is 4.21. The zero-order valence-electron chi connectivity index (χ0n) is 10.7. The van der Waals surface area contributed by atoms with Gasteiger partial charge in [0, 0.05) is 10.2 Å². The molecule has 0 radical (unpaired) electrons. The van der Waals surface area contributed by atoms with E-state index in [2.05, 4.69) is 21.2 Å². The van der Waals surface area contributed by atoms with Crippen molar-refractivity contribution >= 4 is 39.1 Å². The summed E-state index contributed by atoms with van der Waals surface area (Å²) in [4.78, 5) is 12.1. The van der Waals surface area contributed by atoms with Crippen LogP contribution >= 0.6 is 27.5 Å². The number of rotatable bonds is 3. The van der Waals surface area contributed by atoms with Crippen molar-refractivity contribution in [2.45, 2.75) is 13.3 Å². The van der Waals surface area contributed by atoms with Gasteiger partial charge >= 0.3 is 0 Å². The summed E-state index contributed by atoms with van der Waals surface area (Å²) in [6.07, 6.45) is 0.757. The second-order valence-corrected chi connectivity index (χ2v) is 5.53. The molecule has 2 rings (SSSR count). The highest BCUT2D eigenvalue weighted by atomic mass is 79.9. The zero-order chi connectivity index (χ0) is 14.7. The van der Waals surface area contributed by atoms with Gasteiger partial charge in [-0.25, -0.2) is 4.39 Å². The number of anilines is 1. The van der Waals surface area contributed by atoms with E-state index in [1.807, 2.05) is 19.1 Å². The molecule has 1 amide bonds. The Morgan fingerprint density at radius 1 is 1.35 bits per heavy atom. The average Bonchev–Trinajstić information content (AvgIpc) is 2.43. The monoisotopic (exact) mass is 355 g/mol. The largest absolute Gasteiger partial charge is 0.322 e. The summed E-state index contributed by atoms with van der Waals surface area (Å²) in [6, 6.07) is 9.88. The molecule has 104 valence electrons. The van der Waals surface area contributed by atoms with Crippen molar-refractivity contribution in [3.05, 3.63) is 62.8 Å². The molecule has 0 saturated heterocycles. The van der Waals surface area contributed by atoms with Gasteiger partial charge in [-0.05, 0) is 42.3 Å². The number of amides is 1. The van der Waals surface area contributed by atoms with Crippen LogP contribution < -0.4 is 5.32 Å². The van der Waals surface area contributed by atoms with E-state index >= 15 is 0 Å². The number of nitrogens with one attached hydrogen (secondary N) is 1. The zero-order valence-corrected chi connectivity index (χ0v) is 13.1. The van der Waals surface area contributed by atoms with Crippen molar-refractivity contribution in [2.24, 2.45) is 0 Å². The van der Waals surface area contributed by atoms with Gasteiger partial charge in [-0.2, -0.15) is 0 Å². The molecule has 0 saturated carbocycles. The fourth-order valence-electron chi connectivity index (χ4n) is 1.85. The van der Waals surface area contributed by atoms with Crippen LogP contribution in [0.2, 0.25) is 5.02 Å². The lowest BCUT2D eigenvalue weighted by molar-refractivity contribution is 0.102.